The Bertz CT molecular complexity index is 1390. The van der Waals surface area contributed by atoms with E-state index in [-0.39, 0.29) is 18.5 Å². The van der Waals surface area contributed by atoms with Crippen molar-refractivity contribution in [2.45, 2.75) is 44.6 Å². The SMILES string of the molecule is COc1nc(NC2CCN(C3COC3)CC2)nn2cc(F)c(-c3ccc4nnn(C[C@@H](C)F)c4c3)c12. The van der Waals surface area contributed by atoms with Crippen molar-refractivity contribution in [1.82, 2.24) is 34.5 Å². The number of rotatable bonds is 7. The van der Waals surface area contributed by atoms with Crippen molar-refractivity contribution in [1.29, 1.82) is 0 Å². The van der Waals surface area contributed by atoms with Crippen LogP contribution in [0.25, 0.3) is 27.7 Å². The number of aromatic nitrogens is 6. The fourth-order valence-corrected chi connectivity index (χ4v) is 5.02. The predicted octanol–water partition coefficient (Wildman–Crippen LogP) is 2.92. The van der Waals surface area contributed by atoms with Gasteiger partial charge < -0.3 is 14.8 Å². The number of alkyl halides is 1. The average molecular weight is 499 g/mol. The number of nitrogens with one attached hydrogen (secondary N) is 1. The minimum atomic E-state index is -1.09. The van der Waals surface area contributed by atoms with E-state index in [1.54, 1.807) is 18.2 Å². The van der Waals surface area contributed by atoms with Crippen molar-refractivity contribution >= 4 is 22.5 Å². The average Bonchev–Trinajstić information content (AvgIpc) is 3.37. The van der Waals surface area contributed by atoms with Crippen LogP contribution in [0, 0.1) is 5.82 Å². The molecule has 4 aromatic rings. The molecule has 2 aliphatic heterocycles. The van der Waals surface area contributed by atoms with Crippen LogP contribution in [0.2, 0.25) is 0 Å². The maximum absolute atomic E-state index is 15.3. The van der Waals surface area contributed by atoms with Gasteiger partial charge in [-0.1, -0.05) is 11.3 Å². The molecule has 0 radical (unpaired) electrons. The zero-order chi connectivity index (χ0) is 24.8. The first-order valence-corrected chi connectivity index (χ1v) is 12.2. The van der Waals surface area contributed by atoms with Crippen molar-refractivity contribution in [3.63, 3.8) is 0 Å². The van der Waals surface area contributed by atoms with Crippen LogP contribution >= 0.6 is 0 Å². The van der Waals surface area contributed by atoms with Crippen LogP contribution in [0.3, 0.4) is 0 Å². The van der Waals surface area contributed by atoms with E-state index in [2.05, 4.69) is 30.6 Å². The summed E-state index contributed by atoms with van der Waals surface area (Å²) in [4.78, 5) is 7.02. The van der Waals surface area contributed by atoms with Gasteiger partial charge in [-0.15, -0.1) is 10.2 Å². The standard InChI is InChI=1S/C24H28F2N8O2/c1-14(25)10-33-20-9-15(3-4-19(20)29-31-33)21-18(26)11-34-22(21)23(35-2)28-24(30-34)27-16-5-7-32(8-6-16)17-12-36-13-17/h3-4,9,11,14,16-17H,5-8,10,12-13H2,1-2H3,(H,27,30)/t14-/m1/s1. The second kappa shape index (κ2) is 9.25. The third-order valence-electron chi connectivity index (χ3n) is 6.97. The zero-order valence-corrected chi connectivity index (χ0v) is 20.2. The van der Waals surface area contributed by atoms with Crippen molar-refractivity contribution in [2.24, 2.45) is 0 Å². The van der Waals surface area contributed by atoms with Crippen molar-refractivity contribution in [2.75, 3.05) is 38.7 Å². The van der Waals surface area contributed by atoms with Gasteiger partial charge in [0.2, 0.25) is 11.8 Å². The molecule has 3 aromatic heterocycles. The van der Waals surface area contributed by atoms with Crippen LogP contribution in [-0.4, -0.2) is 86.2 Å². The van der Waals surface area contributed by atoms with Crippen molar-refractivity contribution in [3.05, 3.63) is 30.2 Å². The first-order valence-electron chi connectivity index (χ1n) is 12.2. The van der Waals surface area contributed by atoms with Crippen LogP contribution in [-0.2, 0) is 11.3 Å². The molecule has 0 amide bonds. The Balaban J connectivity index is 1.30. The van der Waals surface area contributed by atoms with E-state index in [9.17, 15) is 4.39 Å². The number of hydrogen-bond donors (Lipinski definition) is 1. The molecule has 0 unspecified atom stereocenters. The fraction of sp³-hybridized carbons (Fsp3) is 0.500. The number of anilines is 1. The molecule has 1 aromatic carbocycles. The molecule has 12 heteroatoms. The third kappa shape index (κ3) is 4.13. The summed E-state index contributed by atoms with van der Waals surface area (Å²) in [6.45, 7) is 5.13. The summed E-state index contributed by atoms with van der Waals surface area (Å²) >= 11 is 0. The molecule has 5 heterocycles. The maximum atomic E-state index is 15.3. The second-order valence-corrected chi connectivity index (χ2v) is 9.49. The van der Waals surface area contributed by atoms with E-state index in [0.717, 1.165) is 39.1 Å². The highest BCUT2D eigenvalue weighted by Crippen LogP contribution is 2.35. The lowest BCUT2D eigenvalue weighted by Gasteiger charge is -2.41. The zero-order valence-electron chi connectivity index (χ0n) is 20.2. The van der Waals surface area contributed by atoms with Gasteiger partial charge in [-0.3, -0.25) is 4.90 Å². The van der Waals surface area contributed by atoms with Crippen molar-refractivity contribution in [3.8, 4) is 17.0 Å². The summed E-state index contributed by atoms with van der Waals surface area (Å²) in [6.07, 6.45) is 2.16. The Kier molecular flexibility index (Phi) is 5.92. The second-order valence-electron chi connectivity index (χ2n) is 9.49. The van der Waals surface area contributed by atoms with Gasteiger partial charge in [-0.2, -0.15) is 4.98 Å². The quantitative estimate of drug-likeness (QED) is 0.416. The lowest BCUT2D eigenvalue weighted by Crippen LogP contribution is -2.53. The van der Waals surface area contributed by atoms with E-state index >= 15 is 4.39 Å². The summed E-state index contributed by atoms with van der Waals surface area (Å²) in [5, 5.41) is 16.0. The molecule has 2 fully saturated rings. The molecule has 0 bridgehead atoms. The molecule has 2 saturated heterocycles. The van der Waals surface area contributed by atoms with Gasteiger partial charge >= 0.3 is 0 Å². The molecule has 1 atom stereocenters. The van der Waals surface area contributed by atoms with Gasteiger partial charge in [0, 0.05) is 19.1 Å². The Labute approximate surface area is 206 Å². The van der Waals surface area contributed by atoms with E-state index in [1.165, 1.54) is 29.4 Å². The molecule has 10 nitrogen and oxygen atoms in total. The smallest absolute Gasteiger partial charge is 0.244 e. The highest BCUT2D eigenvalue weighted by Gasteiger charge is 2.30. The number of fused-ring (bicyclic) bond motifs is 2. The Morgan fingerprint density at radius 1 is 1.25 bits per heavy atom. The van der Waals surface area contributed by atoms with E-state index in [0.29, 0.717) is 39.7 Å². The molecule has 0 aliphatic carbocycles. The summed E-state index contributed by atoms with van der Waals surface area (Å²) < 4.78 is 42.8. The number of likely N-dealkylation sites (tertiary alicyclic amines) is 1. The monoisotopic (exact) mass is 498 g/mol. The van der Waals surface area contributed by atoms with Crippen LogP contribution in [0.15, 0.2) is 24.4 Å². The summed E-state index contributed by atoms with van der Waals surface area (Å²) in [5.74, 6) is 0.188. The molecule has 36 heavy (non-hydrogen) atoms. The number of halogens is 2. The highest BCUT2D eigenvalue weighted by atomic mass is 19.1. The third-order valence-corrected chi connectivity index (χ3v) is 6.97. The first-order chi connectivity index (χ1) is 17.5. The molecule has 0 spiro atoms. The minimum Gasteiger partial charge on any atom is -0.479 e. The van der Waals surface area contributed by atoms with Crippen molar-refractivity contribution < 1.29 is 18.3 Å². The number of ether oxygens (including phenoxy) is 2. The Morgan fingerprint density at radius 2 is 2.06 bits per heavy atom. The number of hydrogen-bond acceptors (Lipinski definition) is 8. The Hall–Kier alpha value is -3.38. The molecule has 6 rings (SSSR count). The van der Waals surface area contributed by atoms with Gasteiger partial charge in [0.1, 0.15) is 17.2 Å². The number of nitrogens with zero attached hydrogens (tertiary/aromatic N) is 7. The van der Waals surface area contributed by atoms with E-state index < -0.39 is 12.0 Å². The molecule has 0 saturated carbocycles. The Morgan fingerprint density at radius 3 is 2.75 bits per heavy atom. The minimum absolute atomic E-state index is 0.0633. The number of piperidine rings is 1. The normalized spacial score (nSPS) is 18.6. The van der Waals surface area contributed by atoms with Crippen LogP contribution < -0.4 is 10.1 Å². The lowest BCUT2D eigenvalue weighted by molar-refractivity contribution is -0.0705. The fourth-order valence-electron chi connectivity index (χ4n) is 5.02. The van der Waals surface area contributed by atoms with Gasteiger partial charge in [-0.05, 0) is 37.5 Å². The van der Waals surface area contributed by atoms with Gasteiger partial charge in [0.15, 0.2) is 5.82 Å². The lowest BCUT2D eigenvalue weighted by atomic mass is 10.0. The van der Waals surface area contributed by atoms with Crippen LogP contribution in [0.4, 0.5) is 14.7 Å². The number of benzene rings is 1. The first kappa shape index (κ1) is 23.0. The molecular formula is C24H28F2N8O2. The molecule has 2 aliphatic rings. The van der Waals surface area contributed by atoms with Gasteiger partial charge in [-0.25, -0.2) is 18.0 Å². The van der Waals surface area contributed by atoms with Crippen LogP contribution in [0.1, 0.15) is 19.8 Å². The van der Waals surface area contributed by atoms with Crippen LogP contribution in [0.5, 0.6) is 5.88 Å². The summed E-state index contributed by atoms with van der Waals surface area (Å²) in [5.41, 5.74) is 2.52. The summed E-state index contributed by atoms with van der Waals surface area (Å²) in [6, 6.07) is 6.01. The molecule has 190 valence electrons. The number of methoxy groups -OCH3 is 1. The maximum Gasteiger partial charge on any atom is 0.244 e. The van der Waals surface area contributed by atoms with Gasteiger partial charge in [0.05, 0.1) is 50.2 Å². The summed E-state index contributed by atoms with van der Waals surface area (Å²) in [7, 11) is 1.50. The highest BCUT2D eigenvalue weighted by molar-refractivity contribution is 5.89. The molecular weight excluding hydrogens is 470 g/mol. The van der Waals surface area contributed by atoms with E-state index in [4.69, 9.17) is 9.47 Å². The molecule has 1 N–H and O–H groups in total. The topological polar surface area (TPSA) is 94.6 Å². The van der Waals surface area contributed by atoms with Gasteiger partial charge in [0.25, 0.3) is 0 Å². The van der Waals surface area contributed by atoms with E-state index in [1.807, 2.05) is 0 Å². The largest absolute Gasteiger partial charge is 0.479 e. The predicted molar refractivity (Wildman–Crippen MR) is 129 cm³/mol.